The van der Waals surface area contributed by atoms with Gasteiger partial charge < -0.3 is 24.2 Å². The molecule has 0 rings (SSSR count). The van der Waals surface area contributed by atoms with Gasteiger partial charge in [-0.2, -0.15) is 0 Å². The third-order valence-electron chi connectivity index (χ3n) is 11.1. The number of phosphoric acid groups is 1. The highest BCUT2D eigenvalue weighted by atomic mass is 31.2. The maximum Gasteiger partial charge on any atom is 0.472 e. The summed E-state index contributed by atoms with van der Waals surface area (Å²) in [6.45, 7) is 4.26. The first-order chi connectivity index (χ1) is 35.2. The van der Waals surface area contributed by atoms with E-state index in [1.807, 2.05) is 0 Å². The molecule has 0 aromatic rings. The zero-order chi connectivity index (χ0) is 52.7. The predicted octanol–water partition coefficient (Wildman–Crippen LogP) is 16.2. The van der Waals surface area contributed by atoms with Gasteiger partial charge in [0.2, 0.25) is 0 Å². The highest BCUT2D eigenvalue weighted by Crippen LogP contribution is 2.43. The van der Waals surface area contributed by atoms with E-state index in [9.17, 15) is 28.9 Å². The molecule has 0 fully saturated rings. The van der Waals surface area contributed by atoms with Crippen molar-refractivity contribution in [2.75, 3.05) is 26.4 Å². The fourth-order valence-electron chi connectivity index (χ4n) is 6.99. The fourth-order valence-corrected chi connectivity index (χ4v) is 7.77. The minimum absolute atomic E-state index is 0.107. The zero-order valence-electron chi connectivity index (χ0n) is 45.1. The molecule has 0 spiro atoms. The molecule has 0 amide bonds. The van der Waals surface area contributed by atoms with Crippen molar-refractivity contribution < 1.29 is 52.2 Å². The summed E-state index contributed by atoms with van der Waals surface area (Å²) in [5.74, 6) is -1.55. The van der Waals surface area contributed by atoms with E-state index in [-0.39, 0.29) is 25.9 Å². The molecule has 0 aromatic carbocycles. The molecule has 0 saturated heterocycles. The van der Waals surface area contributed by atoms with Gasteiger partial charge in [0.05, 0.1) is 19.8 Å². The molecular formula is C60H99O11P. The lowest BCUT2D eigenvalue weighted by atomic mass is 10.1. The first-order valence-electron chi connectivity index (χ1n) is 27.8. The molecule has 3 atom stereocenters. The summed E-state index contributed by atoms with van der Waals surface area (Å²) in [5, 5.41) is 9.79. The van der Waals surface area contributed by atoms with Crippen molar-refractivity contribution in [2.24, 2.45) is 0 Å². The minimum Gasteiger partial charge on any atom is -0.462 e. The lowest BCUT2D eigenvalue weighted by Gasteiger charge is -2.21. The quantitative estimate of drug-likeness (QED) is 0.0197. The maximum absolute atomic E-state index is 12.9. The van der Waals surface area contributed by atoms with Gasteiger partial charge in [-0.3, -0.25) is 23.4 Å². The van der Waals surface area contributed by atoms with Crippen molar-refractivity contribution in [3.63, 3.8) is 0 Å². The van der Waals surface area contributed by atoms with E-state index in [4.69, 9.17) is 23.3 Å². The van der Waals surface area contributed by atoms with Gasteiger partial charge in [-0.05, 0) is 116 Å². The number of carbonyl (C=O) groups excluding carboxylic acids is 3. The Labute approximate surface area is 437 Å². The second kappa shape index (κ2) is 53.4. The van der Waals surface area contributed by atoms with Crippen LogP contribution in [0.1, 0.15) is 213 Å². The molecule has 72 heavy (non-hydrogen) atoms. The summed E-state index contributed by atoms with van der Waals surface area (Å²) < 4.78 is 39.4. The van der Waals surface area contributed by atoms with Gasteiger partial charge in [-0.1, -0.05) is 188 Å². The molecule has 0 radical (unpaired) electrons. The number of unbranched alkanes of at least 4 members (excludes halogenated alkanes) is 15. The minimum atomic E-state index is -4.77. The topological polar surface area (TPSA) is 155 Å². The van der Waals surface area contributed by atoms with E-state index in [0.29, 0.717) is 19.3 Å². The number of rotatable bonds is 50. The zero-order valence-corrected chi connectivity index (χ0v) is 46.0. The van der Waals surface area contributed by atoms with Crippen LogP contribution in [0.4, 0.5) is 0 Å². The van der Waals surface area contributed by atoms with E-state index >= 15 is 0 Å². The lowest BCUT2D eigenvalue weighted by molar-refractivity contribution is -0.161. The monoisotopic (exact) mass is 1030 g/mol. The summed E-state index contributed by atoms with van der Waals surface area (Å²) in [4.78, 5) is 48.5. The molecule has 0 aromatic heterocycles. The van der Waals surface area contributed by atoms with Crippen molar-refractivity contribution in [3.05, 3.63) is 109 Å². The van der Waals surface area contributed by atoms with Crippen LogP contribution in [0, 0.1) is 0 Å². The van der Waals surface area contributed by atoms with Gasteiger partial charge in [0.15, 0.2) is 6.10 Å². The first kappa shape index (κ1) is 68.1. The smallest absolute Gasteiger partial charge is 0.462 e. The molecule has 0 saturated carbocycles. The number of hydrogen-bond donors (Lipinski definition) is 2. The Morgan fingerprint density at radius 3 is 1.14 bits per heavy atom. The third kappa shape index (κ3) is 51.1. The second-order valence-electron chi connectivity index (χ2n) is 18.0. The average molecular weight is 1030 g/mol. The fraction of sp³-hybridized carbons (Fsp3) is 0.650. The van der Waals surface area contributed by atoms with Crippen LogP contribution in [0.15, 0.2) is 109 Å². The third-order valence-corrected chi connectivity index (χ3v) is 12.1. The molecule has 3 unspecified atom stereocenters. The number of phosphoric ester groups is 1. The molecular weight excluding hydrogens is 928 g/mol. The maximum atomic E-state index is 12.9. The van der Waals surface area contributed by atoms with E-state index in [2.05, 4.69) is 130 Å². The summed E-state index contributed by atoms with van der Waals surface area (Å²) in [5.41, 5.74) is 0. The number of aliphatic hydroxyl groups is 1. The number of hydrogen-bond acceptors (Lipinski definition) is 10. The number of carbonyl (C=O) groups is 3. The Kier molecular flexibility index (Phi) is 50.6. The van der Waals surface area contributed by atoms with Crippen molar-refractivity contribution in [3.8, 4) is 0 Å². The van der Waals surface area contributed by atoms with Gasteiger partial charge in [-0.25, -0.2) is 4.57 Å². The normalized spacial score (nSPS) is 14.2. The van der Waals surface area contributed by atoms with E-state index < -0.39 is 57.8 Å². The van der Waals surface area contributed by atoms with Crippen molar-refractivity contribution in [1.82, 2.24) is 0 Å². The molecule has 0 aliphatic heterocycles. The number of aliphatic hydroxyl groups excluding tert-OH is 1. The van der Waals surface area contributed by atoms with E-state index in [1.54, 1.807) is 0 Å². The highest BCUT2D eigenvalue weighted by Gasteiger charge is 2.28. The standard InChI is InChI=1S/C60H99O11P/c1-4-7-10-13-16-19-22-25-27-28-30-32-34-37-40-43-46-49-58(62)67-53-57(71-60(64)51-48-45-42-39-36-33-29-26-23-20-17-14-11-8-5-2)55-69-72(65,66)68-54-56(52-61)70-59(63)50-47-44-41-38-35-31-24-21-18-15-12-9-6-3/h7-8,10-12,15-17,19-21,24-27,29,36,39,56-57,61H,4-6,9,13-14,18,22-23,28,30-35,37-38,40-55H2,1-3H3,(H,65,66)/b10-7-,11-8-,15-12-,19-16-,20-17-,24-21-,27-25-,29-26-,39-36-. The lowest BCUT2D eigenvalue weighted by Crippen LogP contribution is -2.30. The van der Waals surface area contributed by atoms with Crippen LogP contribution in [0.5, 0.6) is 0 Å². The SMILES string of the molecule is CC/C=C\C/C=C\C/C=C\C/C=C\CCCCC(=O)OC(COC(=O)CCCCCCCCC/C=C\C/C=C\C/C=C\CC)COP(=O)(O)OCC(CO)OC(=O)CCCCCCC/C=C\C/C=C\CCC. The van der Waals surface area contributed by atoms with Crippen LogP contribution in [0.3, 0.4) is 0 Å². The first-order valence-corrected chi connectivity index (χ1v) is 29.3. The van der Waals surface area contributed by atoms with Crippen molar-refractivity contribution >= 4 is 25.7 Å². The number of ether oxygens (including phenoxy) is 3. The molecule has 2 N–H and O–H groups in total. The Balaban J connectivity index is 4.83. The second-order valence-corrected chi connectivity index (χ2v) is 19.4. The van der Waals surface area contributed by atoms with Gasteiger partial charge >= 0.3 is 25.7 Å². The summed E-state index contributed by atoms with van der Waals surface area (Å²) >= 11 is 0. The molecule has 0 bridgehead atoms. The van der Waals surface area contributed by atoms with Gasteiger partial charge in [0.25, 0.3) is 0 Å². The predicted molar refractivity (Wildman–Crippen MR) is 297 cm³/mol. The molecule has 11 nitrogen and oxygen atoms in total. The van der Waals surface area contributed by atoms with Gasteiger partial charge in [-0.15, -0.1) is 0 Å². The summed E-state index contributed by atoms with van der Waals surface area (Å²) in [6.07, 6.45) is 63.4. The molecule has 0 heterocycles. The molecule has 410 valence electrons. The highest BCUT2D eigenvalue weighted by molar-refractivity contribution is 7.47. The number of allylic oxidation sites excluding steroid dienone is 18. The largest absolute Gasteiger partial charge is 0.472 e. The van der Waals surface area contributed by atoms with E-state index in [0.717, 1.165) is 141 Å². The average Bonchev–Trinajstić information content (AvgIpc) is 3.37. The molecule has 0 aliphatic carbocycles. The molecule has 12 heteroatoms. The van der Waals surface area contributed by atoms with Crippen LogP contribution in [0.25, 0.3) is 0 Å². The van der Waals surface area contributed by atoms with Gasteiger partial charge in [0, 0.05) is 19.3 Å². The van der Waals surface area contributed by atoms with Gasteiger partial charge in [0.1, 0.15) is 12.7 Å². The Hall–Kier alpha value is -3.86. The van der Waals surface area contributed by atoms with Crippen molar-refractivity contribution in [1.29, 1.82) is 0 Å². The van der Waals surface area contributed by atoms with Crippen LogP contribution < -0.4 is 0 Å². The summed E-state index contributed by atoms with van der Waals surface area (Å²) in [7, 11) is -4.77. The Morgan fingerprint density at radius 2 is 0.722 bits per heavy atom. The Morgan fingerprint density at radius 1 is 0.403 bits per heavy atom. The molecule has 0 aliphatic rings. The summed E-state index contributed by atoms with van der Waals surface area (Å²) in [6, 6.07) is 0. The van der Waals surface area contributed by atoms with E-state index in [1.165, 1.54) is 12.8 Å². The van der Waals surface area contributed by atoms with Crippen LogP contribution in [-0.4, -0.2) is 66.5 Å². The van der Waals surface area contributed by atoms with Crippen LogP contribution in [-0.2, 0) is 42.2 Å². The van der Waals surface area contributed by atoms with Crippen LogP contribution >= 0.6 is 7.82 Å². The number of esters is 3. The van der Waals surface area contributed by atoms with Crippen LogP contribution in [0.2, 0.25) is 0 Å². The van der Waals surface area contributed by atoms with Crippen molar-refractivity contribution in [2.45, 2.75) is 226 Å². The Bertz CT molecular complexity index is 1620.